The Morgan fingerprint density at radius 1 is 0.917 bits per heavy atom. The summed E-state index contributed by atoms with van der Waals surface area (Å²) in [5.41, 5.74) is 0. The fraction of sp³-hybridized carbons (Fsp3) is 0.379. The van der Waals surface area contributed by atoms with Gasteiger partial charge < -0.3 is 18.6 Å². The lowest BCUT2D eigenvalue weighted by atomic mass is 10.1. The van der Waals surface area contributed by atoms with Crippen molar-refractivity contribution in [3.63, 3.8) is 0 Å². The molecule has 0 saturated carbocycles. The first-order chi connectivity index (χ1) is 17.1. The second kappa shape index (κ2) is 12.2. The Labute approximate surface area is 214 Å². The molecule has 0 aromatic heterocycles. The van der Waals surface area contributed by atoms with Crippen LogP contribution in [0.4, 0.5) is 0 Å². The van der Waals surface area contributed by atoms with Crippen LogP contribution in [0.3, 0.4) is 0 Å². The van der Waals surface area contributed by atoms with E-state index in [0.29, 0.717) is 0 Å². The fourth-order valence-corrected chi connectivity index (χ4v) is 8.86. The molecular weight excluding hydrogens is 472 g/mol. The van der Waals surface area contributed by atoms with Crippen molar-refractivity contribution in [2.45, 2.75) is 58.0 Å². The molecule has 0 aliphatic carbocycles. The zero-order valence-electron chi connectivity index (χ0n) is 21.5. The largest absolute Gasteiger partial charge is 0.463 e. The Hall–Kier alpha value is -3.18. The van der Waals surface area contributed by atoms with Crippen LogP contribution in [0, 0.1) is 11.8 Å². The van der Waals surface area contributed by atoms with Gasteiger partial charge in [0.15, 0.2) is 0 Å². The second-order valence-corrected chi connectivity index (χ2v) is 13.9. The lowest BCUT2D eigenvalue weighted by Gasteiger charge is -2.42. The molecule has 7 heteroatoms. The Kier molecular flexibility index (Phi) is 9.27. The quantitative estimate of drug-likeness (QED) is 0.248. The van der Waals surface area contributed by atoms with Gasteiger partial charge in [-0.25, -0.2) is 0 Å². The van der Waals surface area contributed by atoms with E-state index in [9.17, 15) is 9.59 Å². The van der Waals surface area contributed by atoms with Crippen LogP contribution < -0.4 is 10.4 Å². The highest BCUT2D eigenvalue weighted by molar-refractivity contribution is 6.99. The summed E-state index contributed by atoms with van der Waals surface area (Å²) >= 11 is 0. The lowest BCUT2D eigenvalue weighted by molar-refractivity contribution is -0.161. The zero-order valence-corrected chi connectivity index (χ0v) is 22.5. The molecule has 2 aromatic rings. The van der Waals surface area contributed by atoms with Gasteiger partial charge in [0.1, 0.15) is 24.9 Å². The highest BCUT2D eigenvalue weighted by atomic mass is 28.4. The number of hydrogen-bond acceptors (Lipinski definition) is 6. The maximum Gasteiger partial charge on any atom is 0.303 e. The van der Waals surface area contributed by atoms with Gasteiger partial charge in [-0.1, -0.05) is 93.3 Å². The van der Waals surface area contributed by atoms with E-state index in [2.05, 4.69) is 56.9 Å². The molecule has 36 heavy (non-hydrogen) atoms. The van der Waals surface area contributed by atoms with Crippen LogP contribution in [0.2, 0.25) is 5.04 Å². The number of carbonyl (C=O) groups is 2. The molecule has 3 atom stereocenters. The summed E-state index contributed by atoms with van der Waals surface area (Å²) < 4.78 is 23.1. The molecule has 1 aliphatic heterocycles. The van der Waals surface area contributed by atoms with Crippen LogP contribution in [0.15, 0.2) is 72.8 Å². The Bertz CT molecular complexity index is 1070. The average Bonchev–Trinajstić information content (AvgIpc) is 2.84. The van der Waals surface area contributed by atoms with Gasteiger partial charge in [0.25, 0.3) is 8.32 Å². The van der Waals surface area contributed by atoms with Gasteiger partial charge in [0.05, 0.1) is 6.61 Å². The number of hydrogen-bond donors (Lipinski definition) is 0. The highest BCUT2D eigenvalue weighted by Gasteiger charge is 2.50. The van der Waals surface area contributed by atoms with E-state index in [4.69, 9.17) is 18.6 Å². The number of esters is 2. The third-order valence-electron chi connectivity index (χ3n) is 5.94. The minimum Gasteiger partial charge on any atom is -0.463 e. The molecular formula is C29H34O6Si. The van der Waals surface area contributed by atoms with E-state index in [-0.39, 0.29) is 18.3 Å². The summed E-state index contributed by atoms with van der Waals surface area (Å²) in [5.74, 6) is 5.36. The summed E-state index contributed by atoms with van der Waals surface area (Å²) in [5, 5.41) is 2.22. The summed E-state index contributed by atoms with van der Waals surface area (Å²) in [6.45, 7) is 9.48. The molecule has 190 valence electrons. The molecule has 0 amide bonds. The van der Waals surface area contributed by atoms with Gasteiger partial charge in [0.2, 0.25) is 0 Å². The molecule has 6 nitrogen and oxygen atoms in total. The molecule has 0 spiro atoms. The number of benzene rings is 2. The maximum atomic E-state index is 11.4. The molecule has 2 aromatic carbocycles. The van der Waals surface area contributed by atoms with Gasteiger partial charge in [-0.3, -0.25) is 9.59 Å². The fourth-order valence-electron chi connectivity index (χ4n) is 4.42. The summed E-state index contributed by atoms with van der Waals surface area (Å²) in [6, 6.07) is 20.8. The van der Waals surface area contributed by atoms with Crippen molar-refractivity contribution in [1.82, 2.24) is 0 Å². The third kappa shape index (κ3) is 6.73. The molecule has 0 N–H and O–H groups in total. The van der Waals surface area contributed by atoms with Crippen LogP contribution in [-0.2, 0) is 28.2 Å². The van der Waals surface area contributed by atoms with Crippen LogP contribution in [0.1, 0.15) is 34.6 Å². The van der Waals surface area contributed by atoms with Crippen LogP contribution in [0.5, 0.6) is 0 Å². The summed E-state index contributed by atoms with van der Waals surface area (Å²) in [7, 11) is -2.68. The van der Waals surface area contributed by atoms with Crippen LogP contribution in [0.25, 0.3) is 0 Å². The normalized spacial score (nSPS) is 19.6. The summed E-state index contributed by atoms with van der Waals surface area (Å²) in [6.07, 6.45) is 1.64. The van der Waals surface area contributed by atoms with Crippen LogP contribution in [-0.4, -0.2) is 51.8 Å². The predicted octanol–water partition coefficient (Wildman–Crippen LogP) is 3.38. The molecule has 0 saturated heterocycles. The first-order valence-electron chi connectivity index (χ1n) is 12.0. The number of rotatable bonds is 7. The molecule has 3 rings (SSSR count). The number of ether oxygens (including phenoxy) is 3. The van der Waals surface area contributed by atoms with Crippen molar-refractivity contribution in [3.05, 3.63) is 72.8 Å². The molecule has 1 aliphatic rings. The molecule has 0 radical (unpaired) electrons. The SMILES string of the molecule is CC(=O)OC[C@H]1O[C@H](C#CCO[Si](c2ccccc2)(c2ccccc2)C(C)(C)C)C=C[C@@H]1OC(C)=O. The Balaban J connectivity index is 1.83. The van der Waals surface area contributed by atoms with Gasteiger partial charge in [-0.2, -0.15) is 0 Å². The Morgan fingerprint density at radius 3 is 2.00 bits per heavy atom. The van der Waals surface area contributed by atoms with Crippen LogP contribution >= 0.6 is 0 Å². The van der Waals surface area contributed by atoms with Crippen molar-refractivity contribution < 1.29 is 28.2 Å². The minimum atomic E-state index is -2.68. The Morgan fingerprint density at radius 2 is 1.50 bits per heavy atom. The lowest BCUT2D eigenvalue weighted by Crippen LogP contribution is -2.66. The first kappa shape index (κ1) is 27.4. The monoisotopic (exact) mass is 506 g/mol. The molecule has 0 unspecified atom stereocenters. The van der Waals surface area contributed by atoms with E-state index in [1.54, 1.807) is 12.2 Å². The molecule has 1 heterocycles. The standard InChI is InChI=1S/C29H34O6Si/c1-22(30)32-21-28-27(34-23(2)31)19-18-24(35-28)13-12-20-33-36(29(3,4)5,25-14-8-6-9-15-25)26-16-10-7-11-17-26/h6-11,14-19,24,27-28H,20-21H2,1-5H3/t24-,27+,28-/m1/s1. The van der Waals surface area contributed by atoms with E-state index >= 15 is 0 Å². The minimum absolute atomic E-state index is 0.0334. The second-order valence-electron chi connectivity index (χ2n) is 9.63. The van der Waals surface area contributed by atoms with Gasteiger partial charge in [-0.15, -0.1) is 0 Å². The van der Waals surface area contributed by atoms with Crippen molar-refractivity contribution in [1.29, 1.82) is 0 Å². The van der Waals surface area contributed by atoms with Gasteiger partial charge >= 0.3 is 11.9 Å². The topological polar surface area (TPSA) is 71.1 Å². The highest BCUT2D eigenvalue weighted by Crippen LogP contribution is 2.36. The van der Waals surface area contributed by atoms with Crippen molar-refractivity contribution in [2.75, 3.05) is 13.2 Å². The van der Waals surface area contributed by atoms with Crippen molar-refractivity contribution >= 4 is 30.6 Å². The smallest absolute Gasteiger partial charge is 0.303 e. The maximum absolute atomic E-state index is 11.4. The van der Waals surface area contributed by atoms with Gasteiger partial charge in [0, 0.05) is 13.8 Å². The number of carbonyl (C=O) groups excluding carboxylic acids is 2. The van der Waals surface area contributed by atoms with Crippen molar-refractivity contribution in [2.24, 2.45) is 0 Å². The molecule has 0 fully saturated rings. The van der Waals surface area contributed by atoms with Gasteiger partial charge in [-0.05, 0) is 27.6 Å². The first-order valence-corrected chi connectivity index (χ1v) is 13.9. The molecule has 0 bridgehead atoms. The van der Waals surface area contributed by atoms with E-state index in [1.807, 2.05) is 36.4 Å². The zero-order chi connectivity index (χ0) is 26.2. The average molecular weight is 507 g/mol. The predicted molar refractivity (Wildman–Crippen MR) is 141 cm³/mol. The van der Waals surface area contributed by atoms with Crippen molar-refractivity contribution in [3.8, 4) is 11.8 Å². The van der Waals surface area contributed by atoms with E-state index < -0.39 is 38.6 Å². The summed E-state index contributed by atoms with van der Waals surface area (Å²) in [4.78, 5) is 22.7. The third-order valence-corrected chi connectivity index (χ3v) is 10.9. The van der Waals surface area contributed by atoms with E-state index in [1.165, 1.54) is 24.2 Å². The van der Waals surface area contributed by atoms with E-state index in [0.717, 1.165) is 0 Å².